The van der Waals surface area contributed by atoms with Crippen LogP contribution < -0.4 is 5.73 Å². The van der Waals surface area contributed by atoms with Gasteiger partial charge in [0.15, 0.2) is 0 Å². The van der Waals surface area contributed by atoms with Crippen molar-refractivity contribution in [3.8, 4) is 0 Å². The topological polar surface area (TPSA) is 43.8 Å². The molecule has 2 rings (SSSR count). The highest BCUT2D eigenvalue weighted by atomic mass is 35.5. The van der Waals surface area contributed by atoms with E-state index in [1.807, 2.05) is 18.2 Å². The molecule has 98 valence electrons. The monoisotopic (exact) mass is 265 g/mol. The molecule has 4 heteroatoms. The van der Waals surface area contributed by atoms with Crippen LogP contribution >= 0.6 is 11.6 Å². The Bertz CT molecular complexity index is 547. The lowest BCUT2D eigenvalue weighted by Crippen LogP contribution is -2.22. The molecule has 0 amide bonds. The number of halogens is 1. The molecule has 1 heterocycles. The van der Waals surface area contributed by atoms with Crippen molar-refractivity contribution in [1.82, 2.24) is 9.55 Å². The van der Waals surface area contributed by atoms with Crippen molar-refractivity contribution in [2.24, 2.45) is 11.7 Å². The Morgan fingerprint density at radius 2 is 2.11 bits per heavy atom. The normalized spacial score (nSPS) is 14.9. The average Bonchev–Trinajstić information content (AvgIpc) is 2.74. The molecule has 0 spiro atoms. The Hall–Kier alpha value is -1.06. The molecule has 0 aliphatic rings. The maximum Gasteiger partial charge on any atom is 0.127 e. The highest BCUT2D eigenvalue weighted by Gasteiger charge is 2.20. The van der Waals surface area contributed by atoms with Crippen molar-refractivity contribution in [3.63, 3.8) is 0 Å². The van der Waals surface area contributed by atoms with E-state index in [0.717, 1.165) is 34.8 Å². The molecule has 0 saturated heterocycles. The number of aryl methyl sites for hydroxylation is 1. The number of hydrogen-bond donors (Lipinski definition) is 1. The van der Waals surface area contributed by atoms with Crippen molar-refractivity contribution < 1.29 is 0 Å². The van der Waals surface area contributed by atoms with Gasteiger partial charge < -0.3 is 10.3 Å². The molecule has 0 radical (unpaired) electrons. The van der Waals surface area contributed by atoms with Crippen LogP contribution in [0.25, 0.3) is 11.0 Å². The molecular formula is C14H20ClN3. The molecule has 1 aromatic heterocycles. The van der Waals surface area contributed by atoms with Crippen LogP contribution in [0.5, 0.6) is 0 Å². The third-order valence-corrected chi connectivity index (χ3v) is 3.85. The van der Waals surface area contributed by atoms with E-state index in [1.165, 1.54) is 0 Å². The maximum absolute atomic E-state index is 6.31. The first-order valence-corrected chi connectivity index (χ1v) is 6.87. The Labute approximate surface area is 113 Å². The predicted molar refractivity (Wildman–Crippen MR) is 76.8 cm³/mol. The summed E-state index contributed by atoms with van der Waals surface area (Å²) < 4.78 is 2.16. The number of benzene rings is 1. The van der Waals surface area contributed by atoms with Crippen molar-refractivity contribution in [2.75, 3.05) is 0 Å². The van der Waals surface area contributed by atoms with Gasteiger partial charge in [-0.2, -0.15) is 0 Å². The van der Waals surface area contributed by atoms with Gasteiger partial charge in [-0.05, 0) is 31.0 Å². The highest BCUT2D eigenvalue weighted by Crippen LogP contribution is 2.27. The summed E-state index contributed by atoms with van der Waals surface area (Å²) in [7, 11) is 0. The first-order chi connectivity index (χ1) is 8.58. The van der Waals surface area contributed by atoms with Gasteiger partial charge in [0.2, 0.25) is 0 Å². The largest absolute Gasteiger partial charge is 0.327 e. The lowest BCUT2D eigenvalue weighted by atomic mass is 9.99. The lowest BCUT2D eigenvalue weighted by Gasteiger charge is -2.18. The molecule has 2 N–H and O–H groups in total. The minimum absolute atomic E-state index is 0.0267. The minimum Gasteiger partial charge on any atom is -0.327 e. The van der Waals surface area contributed by atoms with Crippen LogP contribution in [0.2, 0.25) is 5.02 Å². The van der Waals surface area contributed by atoms with Gasteiger partial charge in [0.1, 0.15) is 5.82 Å². The van der Waals surface area contributed by atoms with Crippen molar-refractivity contribution in [2.45, 2.75) is 39.8 Å². The van der Waals surface area contributed by atoms with E-state index in [9.17, 15) is 0 Å². The molecule has 3 nitrogen and oxygen atoms in total. The molecule has 18 heavy (non-hydrogen) atoms. The number of fused-ring (bicyclic) bond motifs is 1. The number of imidazole rings is 1. The zero-order valence-electron chi connectivity index (χ0n) is 11.2. The van der Waals surface area contributed by atoms with Gasteiger partial charge in [0.05, 0.1) is 17.1 Å². The van der Waals surface area contributed by atoms with Crippen molar-refractivity contribution in [3.05, 3.63) is 29.0 Å². The maximum atomic E-state index is 6.31. The highest BCUT2D eigenvalue weighted by molar-refractivity contribution is 6.31. The molecule has 1 aromatic carbocycles. The van der Waals surface area contributed by atoms with Crippen molar-refractivity contribution >= 4 is 22.6 Å². The molecule has 2 atom stereocenters. The van der Waals surface area contributed by atoms with Gasteiger partial charge in [-0.25, -0.2) is 4.98 Å². The van der Waals surface area contributed by atoms with Crippen LogP contribution in [0.15, 0.2) is 18.2 Å². The third-order valence-electron chi connectivity index (χ3n) is 3.61. The molecule has 2 unspecified atom stereocenters. The summed E-state index contributed by atoms with van der Waals surface area (Å²) >= 11 is 6.05. The molecule has 0 bridgehead atoms. The second kappa shape index (κ2) is 5.29. The Balaban J connectivity index is 2.57. The van der Waals surface area contributed by atoms with E-state index < -0.39 is 0 Å². The summed E-state index contributed by atoms with van der Waals surface area (Å²) in [4.78, 5) is 4.67. The van der Waals surface area contributed by atoms with E-state index in [2.05, 4.69) is 30.3 Å². The van der Waals surface area contributed by atoms with E-state index >= 15 is 0 Å². The van der Waals surface area contributed by atoms with Crippen LogP contribution in [-0.4, -0.2) is 9.55 Å². The first-order valence-electron chi connectivity index (χ1n) is 6.49. The SMILES string of the molecule is CCC(C)C(N)c1nc2ccc(Cl)cc2n1CC. The number of nitrogens with zero attached hydrogens (tertiary/aromatic N) is 2. The van der Waals surface area contributed by atoms with Crippen LogP contribution in [0, 0.1) is 5.92 Å². The van der Waals surface area contributed by atoms with E-state index in [-0.39, 0.29) is 6.04 Å². The zero-order valence-corrected chi connectivity index (χ0v) is 11.9. The predicted octanol–water partition coefficient (Wildman–Crippen LogP) is 3.76. The van der Waals surface area contributed by atoms with Gasteiger partial charge >= 0.3 is 0 Å². The molecular weight excluding hydrogens is 246 g/mol. The summed E-state index contributed by atoms with van der Waals surface area (Å²) in [5.74, 6) is 1.38. The second-order valence-electron chi connectivity index (χ2n) is 4.76. The quantitative estimate of drug-likeness (QED) is 0.915. The number of rotatable bonds is 4. The van der Waals surface area contributed by atoms with Gasteiger partial charge in [-0.15, -0.1) is 0 Å². The first kappa shape index (κ1) is 13.4. The summed E-state index contributed by atoms with van der Waals surface area (Å²) in [6, 6.07) is 5.76. The lowest BCUT2D eigenvalue weighted by molar-refractivity contribution is 0.427. The van der Waals surface area contributed by atoms with Gasteiger partial charge in [0.25, 0.3) is 0 Å². The fraction of sp³-hybridized carbons (Fsp3) is 0.500. The van der Waals surface area contributed by atoms with Crippen LogP contribution in [0.1, 0.15) is 39.1 Å². The fourth-order valence-electron chi connectivity index (χ4n) is 2.21. The van der Waals surface area contributed by atoms with E-state index in [0.29, 0.717) is 5.92 Å². The van der Waals surface area contributed by atoms with Gasteiger partial charge in [-0.1, -0.05) is 31.9 Å². The summed E-state index contributed by atoms with van der Waals surface area (Å²) in [5, 5.41) is 0.737. The molecule has 2 aromatic rings. The Kier molecular flexibility index (Phi) is 3.93. The standard InChI is InChI=1S/C14H20ClN3/c1-4-9(3)13(16)14-17-11-7-6-10(15)8-12(11)18(14)5-2/h6-9,13H,4-5,16H2,1-3H3. The molecule has 0 fully saturated rings. The summed E-state index contributed by atoms with van der Waals surface area (Å²) in [6.45, 7) is 7.28. The average molecular weight is 266 g/mol. The van der Waals surface area contributed by atoms with E-state index in [1.54, 1.807) is 0 Å². The molecule has 0 aliphatic heterocycles. The number of aromatic nitrogens is 2. The fourth-order valence-corrected chi connectivity index (χ4v) is 2.38. The third kappa shape index (κ3) is 2.25. The van der Waals surface area contributed by atoms with Gasteiger partial charge in [-0.3, -0.25) is 0 Å². The van der Waals surface area contributed by atoms with Crippen LogP contribution in [-0.2, 0) is 6.54 Å². The van der Waals surface area contributed by atoms with Crippen LogP contribution in [0.3, 0.4) is 0 Å². The Morgan fingerprint density at radius 3 is 2.72 bits per heavy atom. The van der Waals surface area contributed by atoms with Gasteiger partial charge in [0, 0.05) is 11.6 Å². The summed E-state index contributed by atoms with van der Waals surface area (Å²) in [5.41, 5.74) is 8.35. The number of nitrogens with two attached hydrogens (primary N) is 1. The van der Waals surface area contributed by atoms with Crippen LogP contribution in [0.4, 0.5) is 0 Å². The molecule has 0 saturated carbocycles. The molecule has 0 aliphatic carbocycles. The second-order valence-corrected chi connectivity index (χ2v) is 5.20. The zero-order chi connectivity index (χ0) is 13.3. The van der Waals surface area contributed by atoms with Crippen molar-refractivity contribution in [1.29, 1.82) is 0 Å². The summed E-state index contributed by atoms with van der Waals surface area (Å²) in [6.07, 6.45) is 1.05. The smallest absolute Gasteiger partial charge is 0.127 e. The Morgan fingerprint density at radius 1 is 1.39 bits per heavy atom. The minimum atomic E-state index is -0.0267. The number of hydrogen-bond acceptors (Lipinski definition) is 2. The van der Waals surface area contributed by atoms with E-state index in [4.69, 9.17) is 17.3 Å².